The van der Waals surface area contributed by atoms with Crippen molar-refractivity contribution in [1.29, 1.82) is 5.26 Å². The van der Waals surface area contributed by atoms with Crippen LogP contribution in [0.5, 0.6) is 11.5 Å². The van der Waals surface area contributed by atoms with Crippen molar-refractivity contribution in [2.45, 2.75) is 20.0 Å². The van der Waals surface area contributed by atoms with Crippen molar-refractivity contribution in [1.82, 2.24) is 9.78 Å². The molecule has 6 heteroatoms. The molecule has 1 aromatic carbocycles. The van der Waals surface area contributed by atoms with Gasteiger partial charge in [0.2, 0.25) is 0 Å². The van der Waals surface area contributed by atoms with Crippen molar-refractivity contribution in [2.24, 2.45) is 7.05 Å². The van der Waals surface area contributed by atoms with E-state index in [-0.39, 0.29) is 6.61 Å². The molecule has 110 valence electrons. The quantitative estimate of drug-likeness (QED) is 0.851. The van der Waals surface area contributed by atoms with Crippen LogP contribution < -0.4 is 9.47 Å². The highest BCUT2D eigenvalue weighted by Crippen LogP contribution is 2.30. The Kier molecular flexibility index (Phi) is 4.71. The van der Waals surface area contributed by atoms with Gasteiger partial charge < -0.3 is 9.47 Å². The van der Waals surface area contributed by atoms with E-state index in [1.165, 1.54) is 7.11 Å². The number of methoxy groups -OCH3 is 1. The van der Waals surface area contributed by atoms with Crippen molar-refractivity contribution in [3.05, 3.63) is 40.2 Å². The first-order chi connectivity index (χ1) is 10.1. The van der Waals surface area contributed by atoms with Crippen LogP contribution in [-0.2, 0) is 20.1 Å². The van der Waals surface area contributed by atoms with Crippen molar-refractivity contribution in [2.75, 3.05) is 7.11 Å². The second kappa shape index (κ2) is 6.51. The highest BCUT2D eigenvalue weighted by molar-refractivity contribution is 6.31. The third kappa shape index (κ3) is 3.11. The minimum absolute atomic E-state index is 0.282. The number of ether oxygens (including phenoxy) is 2. The minimum atomic E-state index is 0.282. The number of hydrogen-bond donors (Lipinski definition) is 0. The molecule has 1 aromatic heterocycles. The van der Waals surface area contributed by atoms with Gasteiger partial charge in [-0.2, -0.15) is 10.4 Å². The maximum Gasteiger partial charge on any atom is 0.162 e. The highest BCUT2D eigenvalue weighted by atomic mass is 35.5. The van der Waals surface area contributed by atoms with Gasteiger partial charge in [0, 0.05) is 13.1 Å². The molecule has 0 saturated heterocycles. The second-order valence-corrected chi connectivity index (χ2v) is 4.83. The van der Waals surface area contributed by atoms with Crippen LogP contribution in [0.25, 0.3) is 0 Å². The Morgan fingerprint density at radius 2 is 2.14 bits per heavy atom. The molecule has 0 radical (unpaired) electrons. The number of nitrogens with zero attached hydrogens (tertiary/aromatic N) is 3. The molecular weight excluding hydrogens is 290 g/mol. The van der Waals surface area contributed by atoms with Crippen molar-refractivity contribution in [3.63, 3.8) is 0 Å². The molecule has 0 aliphatic carbocycles. The molecular formula is C15H16ClN3O2. The van der Waals surface area contributed by atoms with Gasteiger partial charge >= 0.3 is 0 Å². The molecule has 2 aromatic rings. The molecule has 5 nitrogen and oxygen atoms in total. The van der Waals surface area contributed by atoms with Gasteiger partial charge in [0.25, 0.3) is 0 Å². The van der Waals surface area contributed by atoms with Gasteiger partial charge in [-0.1, -0.05) is 18.5 Å². The number of rotatable bonds is 5. The number of halogens is 1. The van der Waals surface area contributed by atoms with E-state index in [0.717, 1.165) is 17.8 Å². The lowest BCUT2D eigenvalue weighted by molar-refractivity contribution is 0.276. The predicted molar refractivity (Wildman–Crippen MR) is 79.6 cm³/mol. The van der Waals surface area contributed by atoms with Crippen LogP contribution >= 0.6 is 11.6 Å². The van der Waals surface area contributed by atoms with Gasteiger partial charge in [0.15, 0.2) is 11.5 Å². The Labute approximate surface area is 128 Å². The van der Waals surface area contributed by atoms with Gasteiger partial charge in [0.05, 0.1) is 35.2 Å². The van der Waals surface area contributed by atoms with E-state index in [2.05, 4.69) is 11.2 Å². The molecule has 0 atom stereocenters. The maximum atomic E-state index is 8.88. The minimum Gasteiger partial charge on any atom is -0.493 e. The lowest BCUT2D eigenvalue weighted by Gasteiger charge is -2.11. The van der Waals surface area contributed by atoms with Gasteiger partial charge in [0.1, 0.15) is 6.61 Å². The molecule has 0 amide bonds. The molecule has 0 unspecified atom stereocenters. The SMILES string of the molecule is CCc1nn(C)c(COc2ccc(C#N)cc2OC)c1Cl. The summed E-state index contributed by atoms with van der Waals surface area (Å²) in [5, 5.41) is 13.9. The second-order valence-electron chi connectivity index (χ2n) is 4.45. The predicted octanol–water partition coefficient (Wildman–Crippen LogP) is 3.10. The molecule has 0 N–H and O–H groups in total. The molecule has 0 aliphatic rings. The van der Waals surface area contributed by atoms with Crippen LogP contribution in [0, 0.1) is 11.3 Å². The molecule has 2 rings (SSSR count). The average Bonchev–Trinajstić information content (AvgIpc) is 2.79. The first-order valence-corrected chi connectivity index (χ1v) is 6.89. The zero-order chi connectivity index (χ0) is 15.4. The summed E-state index contributed by atoms with van der Waals surface area (Å²) < 4.78 is 12.7. The van der Waals surface area contributed by atoms with Crippen LogP contribution in [0.3, 0.4) is 0 Å². The number of nitriles is 1. The molecule has 0 spiro atoms. The normalized spacial score (nSPS) is 10.2. The van der Waals surface area contributed by atoms with Gasteiger partial charge in [-0.25, -0.2) is 0 Å². The lowest BCUT2D eigenvalue weighted by Crippen LogP contribution is -2.04. The first-order valence-electron chi connectivity index (χ1n) is 6.51. The molecule has 0 saturated carbocycles. The summed E-state index contributed by atoms with van der Waals surface area (Å²) in [6, 6.07) is 7.09. The van der Waals surface area contributed by atoms with E-state index in [9.17, 15) is 0 Å². The number of benzene rings is 1. The van der Waals surface area contributed by atoms with E-state index < -0.39 is 0 Å². The Bertz CT molecular complexity index is 689. The maximum absolute atomic E-state index is 8.88. The number of hydrogen-bond acceptors (Lipinski definition) is 4. The summed E-state index contributed by atoms with van der Waals surface area (Å²) in [6.45, 7) is 2.28. The van der Waals surface area contributed by atoms with Crippen LogP contribution in [0.4, 0.5) is 0 Å². The Hall–Kier alpha value is -2.19. The van der Waals surface area contributed by atoms with E-state index in [0.29, 0.717) is 22.1 Å². The fraction of sp³-hybridized carbons (Fsp3) is 0.333. The molecule has 0 fully saturated rings. The van der Waals surface area contributed by atoms with Crippen molar-refractivity contribution in [3.8, 4) is 17.6 Å². The van der Waals surface area contributed by atoms with Gasteiger partial charge in [-0.3, -0.25) is 4.68 Å². The zero-order valence-corrected chi connectivity index (χ0v) is 12.9. The van der Waals surface area contributed by atoms with E-state index in [1.54, 1.807) is 22.9 Å². The summed E-state index contributed by atoms with van der Waals surface area (Å²) in [5.41, 5.74) is 2.18. The fourth-order valence-corrected chi connectivity index (χ4v) is 2.33. The standard InChI is InChI=1S/C15H16ClN3O2/c1-4-11-15(16)12(19(2)18-11)9-21-13-6-5-10(8-17)7-14(13)20-3/h5-7H,4,9H2,1-3H3. The molecule has 21 heavy (non-hydrogen) atoms. The average molecular weight is 306 g/mol. The topological polar surface area (TPSA) is 60.1 Å². The summed E-state index contributed by atoms with van der Waals surface area (Å²) >= 11 is 6.28. The Morgan fingerprint density at radius 1 is 1.38 bits per heavy atom. The summed E-state index contributed by atoms with van der Waals surface area (Å²) in [5.74, 6) is 1.08. The molecule has 0 aliphatic heterocycles. The van der Waals surface area contributed by atoms with E-state index in [4.69, 9.17) is 26.3 Å². The van der Waals surface area contributed by atoms with Crippen LogP contribution in [0.2, 0.25) is 5.02 Å². The largest absolute Gasteiger partial charge is 0.493 e. The van der Waals surface area contributed by atoms with Crippen LogP contribution in [0.1, 0.15) is 23.9 Å². The highest BCUT2D eigenvalue weighted by Gasteiger charge is 2.14. The lowest BCUT2D eigenvalue weighted by atomic mass is 10.2. The monoisotopic (exact) mass is 305 g/mol. The van der Waals surface area contributed by atoms with Crippen LogP contribution in [-0.4, -0.2) is 16.9 Å². The smallest absolute Gasteiger partial charge is 0.162 e. The third-order valence-corrected chi connectivity index (χ3v) is 3.60. The van der Waals surface area contributed by atoms with Crippen molar-refractivity contribution < 1.29 is 9.47 Å². The molecule has 0 bridgehead atoms. The Balaban J connectivity index is 2.21. The fourth-order valence-electron chi connectivity index (χ4n) is 1.98. The zero-order valence-electron chi connectivity index (χ0n) is 12.2. The summed E-state index contributed by atoms with van der Waals surface area (Å²) in [6.07, 6.45) is 0.771. The summed E-state index contributed by atoms with van der Waals surface area (Å²) in [7, 11) is 3.37. The number of aromatic nitrogens is 2. The number of aryl methyl sites for hydroxylation is 2. The third-order valence-electron chi connectivity index (χ3n) is 3.16. The molecule has 1 heterocycles. The van der Waals surface area contributed by atoms with E-state index in [1.807, 2.05) is 14.0 Å². The van der Waals surface area contributed by atoms with Gasteiger partial charge in [-0.15, -0.1) is 0 Å². The summed E-state index contributed by atoms with van der Waals surface area (Å²) in [4.78, 5) is 0. The first kappa shape index (κ1) is 15.2. The van der Waals surface area contributed by atoms with E-state index >= 15 is 0 Å². The van der Waals surface area contributed by atoms with Crippen molar-refractivity contribution >= 4 is 11.6 Å². The van der Waals surface area contributed by atoms with Gasteiger partial charge in [-0.05, 0) is 18.6 Å². The Morgan fingerprint density at radius 3 is 2.71 bits per heavy atom. The van der Waals surface area contributed by atoms with Crippen LogP contribution in [0.15, 0.2) is 18.2 Å².